The van der Waals surface area contributed by atoms with Crippen LogP contribution in [-0.2, 0) is 9.53 Å². The van der Waals surface area contributed by atoms with Gasteiger partial charge in [-0.1, -0.05) is 48.0 Å². The van der Waals surface area contributed by atoms with Crippen LogP contribution in [0.25, 0.3) is 10.8 Å². The second-order valence-corrected chi connectivity index (χ2v) is 6.01. The maximum Gasteiger partial charge on any atom is 0.339 e. The Balaban J connectivity index is 1.71. The summed E-state index contributed by atoms with van der Waals surface area (Å²) in [5.41, 5.74) is 1.02. The Labute approximate surface area is 150 Å². The molecule has 0 fully saturated rings. The van der Waals surface area contributed by atoms with Gasteiger partial charge in [0.2, 0.25) is 0 Å². The quantitative estimate of drug-likeness (QED) is 0.693. The number of anilines is 1. The molecule has 3 aromatic rings. The van der Waals surface area contributed by atoms with E-state index in [4.69, 9.17) is 16.3 Å². The molecule has 0 bridgehead atoms. The highest BCUT2D eigenvalue weighted by molar-refractivity contribution is 6.30. The van der Waals surface area contributed by atoms with E-state index in [2.05, 4.69) is 5.32 Å². The van der Waals surface area contributed by atoms with Gasteiger partial charge in [-0.15, -0.1) is 0 Å². The van der Waals surface area contributed by atoms with E-state index in [1.165, 1.54) is 6.92 Å². The highest BCUT2D eigenvalue weighted by atomic mass is 35.5. The average Bonchev–Trinajstić information content (AvgIpc) is 2.63. The zero-order chi connectivity index (χ0) is 17.8. The molecule has 0 radical (unpaired) electrons. The van der Waals surface area contributed by atoms with Crippen molar-refractivity contribution in [2.45, 2.75) is 13.0 Å². The first-order valence-corrected chi connectivity index (χ1v) is 8.17. The summed E-state index contributed by atoms with van der Waals surface area (Å²) >= 11 is 5.81. The third-order valence-electron chi connectivity index (χ3n) is 3.77. The van der Waals surface area contributed by atoms with Crippen LogP contribution in [0.4, 0.5) is 5.69 Å². The third-order valence-corrected chi connectivity index (χ3v) is 4.03. The lowest BCUT2D eigenvalue weighted by molar-refractivity contribution is -0.123. The number of esters is 1. The molecule has 3 aromatic carbocycles. The van der Waals surface area contributed by atoms with Crippen molar-refractivity contribution in [3.8, 4) is 0 Å². The Kier molecular flexibility index (Phi) is 5.00. The Hall–Kier alpha value is -2.85. The average molecular weight is 354 g/mol. The topological polar surface area (TPSA) is 55.4 Å². The van der Waals surface area contributed by atoms with Gasteiger partial charge in [0.25, 0.3) is 5.91 Å². The predicted molar refractivity (Wildman–Crippen MR) is 98.9 cm³/mol. The van der Waals surface area contributed by atoms with E-state index in [9.17, 15) is 9.59 Å². The first kappa shape index (κ1) is 17.0. The number of benzene rings is 3. The largest absolute Gasteiger partial charge is 0.449 e. The number of fused-ring (bicyclic) bond motifs is 1. The smallest absolute Gasteiger partial charge is 0.339 e. The van der Waals surface area contributed by atoms with Crippen molar-refractivity contribution in [1.82, 2.24) is 0 Å². The Morgan fingerprint density at radius 1 is 0.960 bits per heavy atom. The fraction of sp³-hybridized carbons (Fsp3) is 0.100. The minimum absolute atomic E-state index is 0.407. The lowest BCUT2D eigenvalue weighted by atomic mass is 10.0. The summed E-state index contributed by atoms with van der Waals surface area (Å²) in [6, 6.07) is 19.6. The summed E-state index contributed by atoms with van der Waals surface area (Å²) < 4.78 is 5.33. The molecular weight excluding hydrogens is 338 g/mol. The molecule has 126 valence electrons. The van der Waals surface area contributed by atoms with Gasteiger partial charge in [-0.3, -0.25) is 4.79 Å². The van der Waals surface area contributed by atoms with E-state index in [-0.39, 0.29) is 0 Å². The summed E-state index contributed by atoms with van der Waals surface area (Å²) in [7, 11) is 0. The molecule has 3 rings (SSSR count). The minimum atomic E-state index is -0.929. The van der Waals surface area contributed by atoms with E-state index in [1.807, 2.05) is 30.3 Å². The Morgan fingerprint density at radius 2 is 1.64 bits per heavy atom. The van der Waals surface area contributed by atoms with E-state index >= 15 is 0 Å². The minimum Gasteiger partial charge on any atom is -0.449 e. The monoisotopic (exact) mass is 353 g/mol. The van der Waals surface area contributed by atoms with Gasteiger partial charge in [-0.2, -0.15) is 0 Å². The number of hydrogen-bond donors (Lipinski definition) is 1. The summed E-state index contributed by atoms with van der Waals surface area (Å²) in [4.78, 5) is 24.7. The van der Waals surface area contributed by atoms with Gasteiger partial charge in [0.05, 0.1) is 5.56 Å². The fourth-order valence-corrected chi connectivity index (χ4v) is 2.58. The molecule has 0 saturated heterocycles. The number of hydrogen-bond acceptors (Lipinski definition) is 3. The molecule has 0 aliphatic heterocycles. The molecule has 4 nitrogen and oxygen atoms in total. The molecule has 0 saturated carbocycles. The van der Waals surface area contributed by atoms with Gasteiger partial charge in [-0.05, 0) is 48.0 Å². The summed E-state index contributed by atoms with van der Waals surface area (Å²) in [6.45, 7) is 1.54. The lowest BCUT2D eigenvalue weighted by Gasteiger charge is -2.14. The van der Waals surface area contributed by atoms with E-state index in [0.717, 1.165) is 10.8 Å². The molecule has 0 aromatic heterocycles. The van der Waals surface area contributed by atoms with Crippen LogP contribution >= 0.6 is 11.6 Å². The zero-order valence-corrected chi connectivity index (χ0v) is 14.3. The molecule has 0 unspecified atom stereocenters. The fourth-order valence-electron chi connectivity index (χ4n) is 2.46. The molecule has 1 N–H and O–H groups in total. The summed E-state index contributed by atoms with van der Waals surface area (Å²) in [5.74, 6) is -0.938. The number of amides is 1. The maximum atomic E-state index is 12.5. The van der Waals surface area contributed by atoms with Gasteiger partial charge in [0.1, 0.15) is 0 Å². The van der Waals surface area contributed by atoms with Gasteiger partial charge >= 0.3 is 5.97 Å². The van der Waals surface area contributed by atoms with Crippen molar-refractivity contribution in [2.75, 3.05) is 5.32 Å². The number of ether oxygens (including phenoxy) is 1. The van der Waals surface area contributed by atoms with Gasteiger partial charge in [0.15, 0.2) is 6.10 Å². The van der Waals surface area contributed by atoms with E-state index in [0.29, 0.717) is 16.3 Å². The molecule has 25 heavy (non-hydrogen) atoms. The molecule has 0 aliphatic carbocycles. The summed E-state index contributed by atoms with van der Waals surface area (Å²) in [6.07, 6.45) is -0.929. The van der Waals surface area contributed by atoms with E-state index in [1.54, 1.807) is 36.4 Å². The first-order valence-electron chi connectivity index (χ1n) is 7.80. The molecule has 1 atom stereocenters. The molecule has 1 amide bonds. The molecule has 0 spiro atoms. The molecule has 0 aliphatic rings. The number of carbonyl (C=O) groups excluding carboxylic acids is 2. The predicted octanol–water partition coefficient (Wildman–Crippen LogP) is 4.68. The normalized spacial score (nSPS) is 11.8. The van der Waals surface area contributed by atoms with Crippen molar-refractivity contribution < 1.29 is 14.3 Å². The van der Waals surface area contributed by atoms with Crippen molar-refractivity contribution >= 4 is 39.9 Å². The van der Waals surface area contributed by atoms with Crippen LogP contribution in [0.15, 0.2) is 66.7 Å². The van der Waals surface area contributed by atoms with Crippen LogP contribution in [0.3, 0.4) is 0 Å². The standard InChI is InChI=1S/C20H16ClNO3/c1-13(19(23)22-16-11-9-15(21)10-12-16)25-20(24)18-8-4-6-14-5-2-3-7-17(14)18/h2-13H,1H3,(H,22,23)/t13-/m0/s1. The Morgan fingerprint density at radius 3 is 2.40 bits per heavy atom. The number of rotatable bonds is 4. The third kappa shape index (κ3) is 3.98. The van der Waals surface area contributed by atoms with Gasteiger partial charge in [0, 0.05) is 10.7 Å². The van der Waals surface area contributed by atoms with Crippen LogP contribution in [-0.4, -0.2) is 18.0 Å². The van der Waals surface area contributed by atoms with Crippen LogP contribution in [0.2, 0.25) is 5.02 Å². The van der Waals surface area contributed by atoms with Crippen LogP contribution in [0.5, 0.6) is 0 Å². The van der Waals surface area contributed by atoms with E-state index < -0.39 is 18.0 Å². The van der Waals surface area contributed by atoms with Crippen molar-refractivity contribution in [3.63, 3.8) is 0 Å². The highest BCUT2D eigenvalue weighted by Gasteiger charge is 2.20. The summed E-state index contributed by atoms with van der Waals surface area (Å²) in [5, 5.41) is 5.00. The first-order chi connectivity index (χ1) is 12.0. The van der Waals surface area contributed by atoms with Crippen LogP contribution in [0.1, 0.15) is 17.3 Å². The number of halogens is 1. The second kappa shape index (κ2) is 7.36. The number of nitrogens with one attached hydrogen (secondary N) is 1. The Bertz CT molecular complexity index is 916. The SMILES string of the molecule is C[C@H](OC(=O)c1cccc2ccccc12)C(=O)Nc1ccc(Cl)cc1. The highest BCUT2D eigenvalue weighted by Crippen LogP contribution is 2.20. The van der Waals surface area contributed by atoms with Gasteiger partial charge in [-0.25, -0.2) is 4.79 Å². The van der Waals surface area contributed by atoms with Crippen LogP contribution < -0.4 is 5.32 Å². The molecule has 5 heteroatoms. The van der Waals surface area contributed by atoms with Crippen molar-refractivity contribution in [3.05, 3.63) is 77.3 Å². The molecular formula is C20H16ClNO3. The number of carbonyl (C=O) groups is 2. The lowest BCUT2D eigenvalue weighted by Crippen LogP contribution is -2.30. The second-order valence-electron chi connectivity index (χ2n) is 5.57. The van der Waals surface area contributed by atoms with Crippen molar-refractivity contribution in [2.24, 2.45) is 0 Å². The maximum absolute atomic E-state index is 12.5. The zero-order valence-electron chi connectivity index (χ0n) is 13.5. The van der Waals surface area contributed by atoms with Crippen LogP contribution in [0, 0.1) is 0 Å². The molecule has 0 heterocycles. The van der Waals surface area contributed by atoms with Gasteiger partial charge < -0.3 is 10.1 Å². The van der Waals surface area contributed by atoms with Crippen molar-refractivity contribution in [1.29, 1.82) is 0 Å².